The predicted molar refractivity (Wildman–Crippen MR) is 47.6 cm³/mol. The van der Waals surface area contributed by atoms with Crippen molar-refractivity contribution in [1.29, 1.82) is 0 Å². The quantitative estimate of drug-likeness (QED) is 0.797. The molecule has 0 atom stereocenters. The highest BCUT2D eigenvalue weighted by atomic mass is 19.4. The molecule has 0 unspecified atom stereocenters. The fraction of sp³-hybridized carbons (Fsp3) is 0.375. The van der Waals surface area contributed by atoms with Crippen molar-refractivity contribution >= 4 is 5.91 Å². The van der Waals surface area contributed by atoms with Crippen molar-refractivity contribution < 1.29 is 18.0 Å². The van der Waals surface area contributed by atoms with E-state index >= 15 is 0 Å². The first-order chi connectivity index (χ1) is 7.38. The Labute approximate surface area is 87.9 Å². The molecule has 0 aliphatic rings. The smallest absolute Gasteiger partial charge is 0.345 e. The molecule has 0 saturated heterocycles. The molecule has 0 bridgehead atoms. The van der Waals surface area contributed by atoms with Gasteiger partial charge in [-0.2, -0.15) is 13.2 Å². The fourth-order valence-corrected chi connectivity index (χ4v) is 0.907. The summed E-state index contributed by atoms with van der Waals surface area (Å²) in [4.78, 5) is 25.7. The molecule has 1 heterocycles. The molecule has 0 aromatic carbocycles. The number of rotatable bonds is 3. The van der Waals surface area contributed by atoms with Crippen LogP contribution in [0.15, 0.2) is 23.4 Å². The van der Waals surface area contributed by atoms with Crippen LogP contribution >= 0.6 is 0 Å². The first-order valence-corrected chi connectivity index (χ1v) is 4.22. The second-order valence-electron chi connectivity index (χ2n) is 2.94. The van der Waals surface area contributed by atoms with Gasteiger partial charge < -0.3 is 5.32 Å². The van der Waals surface area contributed by atoms with E-state index < -0.39 is 30.7 Å². The number of carbonyl (C=O) groups is 1. The third-order valence-electron chi connectivity index (χ3n) is 1.59. The molecule has 0 fully saturated rings. The van der Waals surface area contributed by atoms with Gasteiger partial charge >= 0.3 is 6.18 Å². The molecule has 8 heteroatoms. The summed E-state index contributed by atoms with van der Waals surface area (Å²) in [6.07, 6.45) is -2.16. The van der Waals surface area contributed by atoms with Crippen LogP contribution in [0.2, 0.25) is 0 Å². The van der Waals surface area contributed by atoms with Crippen molar-refractivity contribution in [3.8, 4) is 0 Å². The van der Waals surface area contributed by atoms with E-state index in [1.807, 2.05) is 0 Å². The van der Waals surface area contributed by atoms with Crippen LogP contribution in [-0.2, 0) is 11.3 Å². The van der Waals surface area contributed by atoms with Crippen LogP contribution in [0.1, 0.15) is 0 Å². The Morgan fingerprint density at radius 1 is 1.50 bits per heavy atom. The van der Waals surface area contributed by atoms with Gasteiger partial charge in [-0.05, 0) is 0 Å². The molecule has 1 aromatic rings. The number of amides is 1. The summed E-state index contributed by atoms with van der Waals surface area (Å²) in [7, 11) is 0. The lowest BCUT2D eigenvalue weighted by molar-refractivity contribution is -0.138. The predicted octanol–water partition coefficient (Wildman–Crippen LogP) is -0.0782. The first-order valence-electron chi connectivity index (χ1n) is 4.22. The Kier molecular flexibility index (Phi) is 3.64. The van der Waals surface area contributed by atoms with Crippen LogP contribution < -0.4 is 10.9 Å². The lowest BCUT2D eigenvalue weighted by atomic mass is 10.5. The highest BCUT2D eigenvalue weighted by molar-refractivity contribution is 5.75. The first kappa shape index (κ1) is 12.2. The minimum atomic E-state index is -4.46. The second kappa shape index (κ2) is 4.77. The summed E-state index contributed by atoms with van der Waals surface area (Å²) in [6.45, 7) is -1.90. The van der Waals surface area contributed by atoms with Crippen LogP contribution in [0, 0.1) is 0 Å². The summed E-state index contributed by atoms with van der Waals surface area (Å²) in [5.41, 5.74) is -0.503. The number of nitrogens with zero attached hydrogens (tertiary/aromatic N) is 2. The van der Waals surface area contributed by atoms with Gasteiger partial charge in [0.2, 0.25) is 5.91 Å². The standard InChI is InChI=1S/C8H8F3N3O2/c9-8(10,11)4-13-6(15)3-14-5-12-2-1-7(14)16/h1-2,5H,3-4H2,(H,13,15). The van der Waals surface area contributed by atoms with Gasteiger partial charge in [-0.15, -0.1) is 0 Å². The van der Waals surface area contributed by atoms with Crippen LogP contribution in [0.4, 0.5) is 13.2 Å². The average Bonchev–Trinajstić information content (AvgIpc) is 2.18. The zero-order valence-corrected chi connectivity index (χ0v) is 7.99. The van der Waals surface area contributed by atoms with E-state index in [2.05, 4.69) is 4.98 Å². The van der Waals surface area contributed by atoms with Gasteiger partial charge in [0.05, 0.1) is 6.33 Å². The van der Waals surface area contributed by atoms with Crippen molar-refractivity contribution in [3.63, 3.8) is 0 Å². The van der Waals surface area contributed by atoms with E-state index in [9.17, 15) is 22.8 Å². The monoisotopic (exact) mass is 235 g/mol. The number of aromatic nitrogens is 2. The Balaban J connectivity index is 2.53. The van der Waals surface area contributed by atoms with E-state index in [1.54, 1.807) is 5.32 Å². The number of carbonyl (C=O) groups excluding carboxylic acids is 1. The number of hydrogen-bond donors (Lipinski definition) is 1. The third kappa shape index (κ3) is 4.11. The van der Waals surface area contributed by atoms with Gasteiger partial charge in [0.25, 0.3) is 5.56 Å². The van der Waals surface area contributed by atoms with Gasteiger partial charge in [-0.1, -0.05) is 0 Å². The molecule has 0 spiro atoms. The molecule has 0 aliphatic carbocycles. The Bertz CT molecular complexity index is 427. The zero-order valence-electron chi connectivity index (χ0n) is 7.99. The summed E-state index contributed by atoms with van der Waals surface area (Å²) in [5.74, 6) is -0.896. The highest BCUT2D eigenvalue weighted by Gasteiger charge is 2.27. The molecular formula is C8H8F3N3O2. The SMILES string of the molecule is O=C(Cn1cnccc1=O)NCC(F)(F)F. The van der Waals surface area contributed by atoms with E-state index in [0.29, 0.717) is 0 Å². The molecule has 0 saturated carbocycles. The Hall–Kier alpha value is -1.86. The van der Waals surface area contributed by atoms with Gasteiger partial charge in [0, 0.05) is 12.3 Å². The molecule has 0 radical (unpaired) electrons. The third-order valence-corrected chi connectivity index (χ3v) is 1.59. The van der Waals surface area contributed by atoms with Crippen molar-refractivity contribution in [2.75, 3.05) is 6.54 Å². The van der Waals surface area contributed by atoms with Gasteiger partial charge in [-0.25, -0.2) is 4.98 Å². The van der Waals surface area contributed by atoms with Gasteiger partial charge in [0.1, 0.15) is 13.1 Å². The second-order valence-corrected chi connectivity index (χ2v) is 2.94. The van der Waals surface area contributed by atoms with Crippen molar-refractivity contribution in [2.45, 2.75) is 12.7 Å². The molecule has 5 nitrogen and oxygen atoms in total. The normalized spacial score (nSPS) is 11.2. The topological polar surface area (TPSA) is 64.0 Å². The molecule has 0 aliphatic heterocycles. The van der Waals surface area contributed by atoms with Crippen LogP contribution in [0.25, 0.3) is 0 Å². The van der Waals surface area contributed by atoms with E-state index in [-0.39, 0.29) is 0 Å². The number of alkyl halides is 3. The molecule has 1 N–H and O–H groups in total. The highest BCUT2D eigenvalue weighted by Crippen LogP contribution is 2.11. The zero-order chi connectivity index (χ0) is 12.2. The minimum Gasteiger partial charge on any atom is -0.345 e. The van der Waals surface area contributed by atoms with E-state index in [1.165, 1.54) is 6.20 Å². The fourth-order valence-electron chi connectivity index (χ4n) is 0.907. The summed E-state index contributed by atoms with van der Waals surface area (Å²) >= 11 is 0. The maximum absolute atomic E-state index is 11.7. The van der Waals surface area contributed by atoms with Crippen molar-refractivity contribution in [2.24, 2.45) is 0 Å². The lowest BCUT2D eigenvalue weighted by Gasteiger charge is -2.08. The molecule has 1 amide bonds. The van der Waals surface area contributed by atoms with Crippen molar-refractivity contribution in [1.82, 2.24) is 14.9 Å². The molecule has 88 valence electrons. The number of halogens is 3. The summed E-state index contributed by atoms with van der Waals surface area (Å²) < 4.78 is 36.1. The maximum Gasteiger partial charge on any atom is 0.405 e. The number of hydrogen-bond acceptors (Lipinski definition) is 3. The molecule has 16 heavy (non-hydrogen) atoms. The Morgan fingerprint density at radius 3 is 2.75 bits per heavy atom. The van der Waals surface area contributed by atoms with Gasteiger partial charge in [-0.3, -0.25) is 14.2 Å². The molecular weight excluding hydrogens is 227 g/mol. The largest absolute Gasteiger partial charge is 0.405 e. The van der Waals surface area contributed by atoms with E-state index in [0.717, 1.165) is 17.0 Å². The number of nitrogens with one attached hydrogen (secondary N) is 1. The van der Waals surface area contributed by atoms with Crippen molar-refractivity contribution in [3.05, 3.63) is 28.9 Å². The lowest BCUT2D eigenvalue weighted by Crippen LogP contribution is -2.37. The Morgan fingerprint density at radius 2 is 2.19 bits per heavy atom. The maximum atomic E-state index is 11.7. The van der Waals surface area contributed by atoms with Crippen LogP contribution in [0.5, 0.6) is 0 Å². The van der Waals surface area contributed by atoms with Crippen LogP contribution in [0.3, 0.4) is 0 Å². The van der Waals surface area contributed by atoms with Gasteiger partial charge in [0.15, 0.2) is 0 Å². The summed E-state index contributed by atoms with van der Waals surface area (Å²) in [5, 5.41) is 1.65. The summed E-state index contributed by atoms with van der Waals surface area (Å²) in [6, 6.07) is 1.11. The average molecular weight is 235 g/mol. The van der Waals surface area contributed by atoms with E-state index in [4.69, 9.17) is 0 Å². The molecule has 1 aromatic heterocycles. The minimum absolute atomic E-state index is 0.483. The molecule has 1 rings (SSSR count). The van der Waals surface area contributed by atoms with Crippen LogP contribution in [-0.4, -0.2) is 28.2 Å².